The Hall–Kier alpha value is -3.33. The minimum absolute atomic E-state index is 0.145. The van der Waals surface area contributed by atoms with Crippen molar-refractivity contribution in [1.29, 1.82) is 0 Å². The number of amides is 1. The second-order valence-corrected chi connectivity index (χ2v) is 8.11. The second-order valence-electron chi connectivity index (χ2n) is 7.03. The van der Waals surface area contributed by atoms with Crippen molar-refractivity contribution in [3.05, 3.63) is 83.2 Å². The first-order valence-corrected chi connectivity index (χ1v) is 10.4. The monoisotopic (exact) mass is 460 g/mol. The number of carbonyl (C=O) groups excluding carboxylic acids is 1. The number of phenols is 1. The van der Waals surface area contributed by atoms with Crippen molar-refractivity contribution in [2.75, 3.05) is 6.54 Å². The van der Waals surface area contributed by atoms with Crippen LogP contribution in [0.3, 0.4) is 0 Å². The van der Waals surface area contributed by atoms with Crippen molar-refractivity contribution in [3.63, 3.8) is 0 Å². The van der Waals surface area contributed by atoms with Gasteiger partial charge in [-0.2, -0.15) is 13.2 Å². The first-order chi connectivity index (χ1) is 15.2. The van der Waals surface area contributed by atoms with Crippen LogP contribution in [0.1, 0.15) is 27.9 Å². The van der Waals surface area contributed by atoms with Gasteiger partial charge in [-0.1, -0.05) is 30.0 Å². The topological polar surface area (TPSA) is 61.7 Å². The Morgan fingerprint density at radius 3 is 2.53 bits per heavy atom. The first-order valence-electron chi connectivity index (χ1n) is 9.55. The number of nitrogens with zero attached hydrogens (tertiary/aromatic N) is 1. The molecule has 4 rings (SSSR count). The van der Waals surface area contributed by atoms with E-state index in [9.17, 15) is 27.5 Å². The second kappa shape index (κ2) is 8.66. The van der Waals surface area contributed by atoms with Crippen molar-refractivity contribution >= 4 is 29.1 Å². The summed E-state index contributed by atoms with van der Waals surface area (Å²) in [6, 6.07) is 15.7. The Morgan fingerprint density at radius 2 is 1.78 bits per heavy atom. The molecule has 0 aliphatic carbocycles. The Balaban J connectivity index is 1.74. The molecule has 0 saturated carbocycles. The smallest absolute Gasteiger partial charge is 0.390 e. The van der Waals surface area contributed by atoms with Gasteiger partial charge in [-0.15, -0.1) is 0 Å². The van der Waals surface area contributed by atoms with E-state index in [4.69, 9.17) is 0 Å². The van der Waals surface area contributed by atoms with Crippen LogP contribution in [0.25, 0.3) is 0 Å². The van der Waals surface area contributed by atoms with Crippen LogP contribution in [-0.2, 0) is 0 Å². The van der Waals surface area contributed by atoms with E-state index in [2.05, 4.69) is 10.3 Å². The van der Waals surface area contributed by atoms with Crippen molar-refractivity contribution in [2.24, 2.45) is 4.99 Å². The minimum Gasteiger partial charge on any atom is -0.508 e. The van der Waals surface area contributed by atoms with Gasteiger partial charge in [0.05, 0.1) is 17.8 Å². The Labute approximate surface area is 185 Å². The number of hydrogen-bond donors (Lipinski definition) is 2. The summed E-state index contributed by atoms with van der Waals surface area (Å²) >= 11 is 1.39. The zero-order valence-corrected chi connectivity index (χ0v) is 17.2. The van der Waals surface area contributed by atoms with E-state index in [1.54, 1.807) is 18.2 Å². The number of nitrogens with one attached hydrogen (secondary N) is 1. The molecule has 0 bridgehead atoms. The summed E-state index contributed by atoms with van der Waals surface area (Å²) in [6.07, 6.45) is -5.49. The molecule has 164 valence electrons. The molecule has 0 saturated heterocycles. The summed E-state index contributed by atoms with van der Waals surface area (Å²) in [6.45, 7) is -0.535. The highest BCUT2D eigenvalue weighted by atomic mass is 32.2. The van der Waals surface area contributed by atoms with E-state index in [0.29, 0.717) is 21.9 Å². The van der Waals surface area contributed by atoms with Crippen molar-refractivity contribution < 1.29 is 27.5 Å². The number of phenolic OH excluding ortho intramolecular Hbond substituents is 1. The molecule has 1 aliphatic heterocycles. The molecule has 0 aromatic heterocycles. The Kier molecular flexibility index (Phi) is 5.92. The lowest BCUT2D eigenvalue weighted by molar-refractivity contribution is -0.132. The van der Waals surface area contributed by atoms with Crippen molar-refractivity contribution in [1.82, 2.24) is 5.32 Å². The molecular weight excluding hydrogens is 444 g/mol. The van der Waals surface area contributed by atoms with E-state index < -0.39 is 30.9 Å². The molecule has 0 fully saturated rings. The minimum atomic E-state index is -4.36. The van der Waals surface area contributed by atoms with Gasteiger partial charge in [0, 0.05) is 39.1 Å². The van der Waals surface area contributed by atoms with Gasteiger partial charge in [0.2, 0.25) is 0 Å². The summed E-state index contributed by atoms with van der Waals surface area (Å²) in [5.41, 5.74) is 1.70. The molecule has 9 heteroatoms. The standard InChI is InChI=1S/C23H16F4N2O2S/c24-17-12-14(30)6-7-15(17)21-16-3-1-2-4-19(16)32-20-8-5-13(11-18(20)29-21)22(31)28-10-9-23(25,26)27/h1-8,11-12,30H,9-10H2,(H,28,31). The van der Waals surface area contributed by atoms with Gasteiger partial charge in [-0.05, 0) is 36.4 Å². The van der Waals surface area contributed by atoms with Crippen LogP contribution >= 0.6 is 11.8 Å². The SMILES string of the molecule is O=C(NCCC(F)(F)F)c1ccc2c(c1)N=C(c1ccc(O)cc1F)c1ccccc1S2. The van der Waals surface area contributed by atoms with Gasteiger partial charge >= 0.3 is 6.18 Å². The maximum atomic E-state index is 14.7. The predicted octanol–water partition coefficient (Wildman–Crippen LogP) is 5.85. The quantitative estimate of drug-likeness (QED) is 0.376. The highest BCUT2D eigenvalue weighted by Crippen LogP contribution is 2.42. The third-order valence-electron chi connectivity index (χ3n) is 4.72. The highest BCUT2D eigenvalue weighted by molar-refractivity contribution is 7.99. The molecule has 2 N–H and O–H groups in total. The van der Waals surface area contributed by atoms with E-state index in [-0.39, 0.29) is 16.9 Å². The fourth-order valence-electron chi connectivity index (χ4n) is 3.20. The molecular formula is C23H16F4N2O2S. The molecule has 0 atom stereocenters. The van der Waals surface area contributed by atoms with Crippen LogP contribution in [0.5, 0.6) is 5.75 Å². The fraction of sp³-hybridized carbons (Fsp3) is 0.130. The number of carbonyl (C=O) groups is 1. The Morgan fingerprint density at radius 1 is 1.00 bits per heavy atom. The van der Waals surface area contributed by atoms with Gasteiger partial charge in [-0.3, -0.25) is 4.79 Å². The lowest BCUT2D eigenvalue weighted by Crippen LogP contribution is -2.27. The third-order valence-corrected chi connectivity index (χ3v) is 5.86. The van der Waals surface area contributed by atoms with E-state index in [0.717, 1.165) is 11.0 Å². The molecule has 4 nitrogen and oxygen atoms in total. The number of aromatic hydroxyl groups is 1. The predicted molar refractivity (Wildman–Crippen MR) is 113 cm³/mol. The Bertz CT molecular complexity index is 1220. The van der Waals surface area contributed by atoms with Crippen LogP contribution in [-0.4, -0.2) is 29.4 Å². The average Bonchev–Trinajstić information content (AvgIpc) is 2.89. The van der Waals surface area contributed by atoms with Crippen LogP contribution in [0, 0.1) is 5.82 Å². The largest absolute Gasteiger partial charge is 0.508 e. The number of aliphatic imine (C=N–C) groups is 1. The maximum absolute atomic E-state index is 14.7. The number of alkyl halides is 3. The third kappa shape index (κ3) is 4.77. The summed E-state index contributed by atoms with van der Waals surface area (Å²) in [5, 5.41) is 11.8. The van der Waals surface area contributed by atoms with Crippen LogP contribution in [0.2, 0.25) is 0 Å². The number of hydrogen-bond acceptors (Lipinski definition) is 4. The number of rotatable bonds is 4. The molecule has 0 radical (unpaired) electrons. The molecule has 1 aliphatic rings. The first kappa shape index (κ1) is 21.9. The van der Waals surface area contributed by atoms with Gasteiger partial charge in [0.1, 0.15) is 11.6 Å². The lowest BCUT2D eigenvalue weighted by atomic mass is 10.0. The number of halogens is 4. The van der Waals surface area contributed by atoms with Crippen molar-refractivity contribution in [3.8, 4) is 5.75 Å². The zero-order chi connectivity index (χ0) is 22.9. The maximum Gasteiger partial charge on any atom is 0.390 e. The normalized spacial score (nSPS) is 12.9. The van der Waals surface area contributed by atoms with E-state index in [1.807, 2.05) is 12.1 Å². The van der Waals surface area contributed by atoms with E-state index >= 15 is 0 Å². The number of benzene rings is 3. The van der Waals surface area contributed by atoms with Crippen LogP contribution in [0.15, 0.2) is 75.4 Å². The zero-order valence-electron chi connectivity index (χ0n) is 16.4. The summed E-state index contributed by atoms with van der Waals surface area (Å²) < 4.78 is 51.7. The summed E-state index contributed by atoms with van der Waals surface area (Å²) in [4.78, 5) is 18.5. The van der Waals surface area contributed by atoms with Gasteiger partial charge in [0.25, 0.3) is 5.91 Å². The molecule has 0 spiro atoms. The van der Waals surface area contributed by atoms with Crippen LogP contribution in [0.4, 0.5) is 23.2 Å². The molecule has 1 heterocycles. The van der Waals surface area contributed by atoms with Crippen LogP contribution < -0.4 is 5.32 Å². The molecule has 3 aromatic carbocycles. The highest BCUT2D eigenvalue weighted by Gasteiger charge is 2.27. The molecule has 0 unspecified atom stereocenters. The number of fused-ring (bicyclic) bond motifs is 2. The average molecular weight is 460 g/mol. The fourth-order valence-corrected chi connectivity index (χ4v) is 4.21. The van der Waals surface area contributed by atoms with Gasteiger partial charge in [-0.25, -0.2) is 9.38 Å². The molecule has 3 aromatic rings. The summed E-state index contributed by atoms with van der Waals surface area (Å²) in [5.74, 6) is -1.54. The van der Waals surface area contributed by atoms with E-state index in [1.165, 1.54) is 36.0 Å². The molecule has 1 amide bonds. The van der Waals surface area contributed by atoms with Gasteiger partial charge in [0.15, 0.2) is 0 Å². The molecule has 32 heavy (non-hydrogen) atoms. The lowest BCUT2D eigenvalue weighted by Gasteiger charge is -2.10. The van der Waals surface area contributed by atoms with Gasteiger partial charge < -0.3 is 10.4 Å². The van der Waals surface area contributed by atoms with Crippen molar-refractivity contribution in [2.45, 2.75) is 22.4 Å². The summed E-state index contributed by atoms with van der Waals surface area (Å²) in [7, 11) is 0.